The topological polar surface area (TPSA) is 87.6 Å². The minimum absolute atomic E-state index is 0. The summed E-state index contributed by atoms with van der Waals surface area (Å²) in [5.74, 6) is 1.75. The Morgan fingerprint density at radius 2 is 2.07 bits per heavy atom. The quantitative estimate of drug-likeness (QED) is 0.591. The van der Waals surface area contributed by atoms with Crippen LogP contribution in [0.5, 0.6) is 0 Å². The van der Waals surface area contributed by atoms with Crippen LogP contribution in [0.1, 0.15) is 43.0 Å². The molecule has 0 unspecified atom stereocenters. The number of benzene rings is 1. The van der Waals surface area contributed by atoms with E-state index in [1.165, 1.54) is 10.9 Å². The lowest BCUT2D eigenvalue weighted by molar-refractivity contribution is -0.116. The molecule has 3 heterocycles. The molecule has 1 aromatic carbocycles. The van der Waals surface area contributed by atoms with Gasteiger partial charge in [-0.25, -0.2) is 4.68 Å². The molecule has 0 saturated carbocycles. The monoisotopic (exact) mass is 402 g/mol. The molecule has 1 aliphatic rings. The van der Waals surface area contributed by atoms with Crippen LogP contribution in [0.15, 0.2) is 30.5 Å². The van der Waals surface area contributed by atoms with Gasteiger partial charge in [0.1, 0.15) is 0 Å². The van der Waals surface area contributed by atoms with Crippen LogP contribution < -0.4 is 10.6 Å². The Morgan fingerprint density at radius 3 is 2.89 bits per heavy atom. The first-order valence-electron chi connectivity index (χ1n) is 9.67. The van der Waals surface area contributed by atoms with Crippen LogP contribution in [-0.4, -0.2) is 38.7 Å². The third-order valence-corrected chi connectivity index (χ3v) is 5.26. The zero-order valence-electron chi connectivity index (χ0n) is 16.1. The van der Waals surface area contributed by atoms with Crippen LogP contribution in [0.4, 0.5) is 5.95 Å². The maximum atomic E-state index is 12.3. The van der Waals surface area contributed by atoms with Gasteiger partial charge in [-0.05, 0) is 50.4 Å². The number of aromatic nitrogens is 4. The zero-order chi connectivity index (χ0) is 18.6. The van der Waals surface area contributed by atoms with E-state index >= 15 is 0 Å². The normalized spacial score (nSPS) is 14.8. The number of carbonyl (C=O) groups is 1. The number of H-pyrrole nitrogens is 1. The van der Waals surface area contributed by atoms with Crippen molar-refractivity contribution in [3.05, 3.63) is 41.9 Å². The number of anilines is 1. The predicted octanol–water partition coefficient (Wildman–Crippen LogP) is 3.15. The number of hydrogen-bond acceptors (Lipinski definition) is 4. The Bertz CT molecular complexity index is 928. The Labute approximate surface area is 170 Å². The molecule has 4 rings (SSSR count). The molecular weight excluding hydrogens is 376 g/mol. The number of fused-ring (bicyclic) bond motifs is 1. The number of rotatable bonds is 6. The third kappa shape index (κ3) is 4.54. The number of halogens is 1. The molecule has 3 aromatic rings. The van der Waals surface area contributed by atoms with E-state index in [0.29, 0.717) is 18.3 Å². The molecule has 150 valence electrons. The highest BCUT2D eigenvalue weighted by Gasteiger charge is 2.21. The van der Waals surface area contributed by atoms with E-state index in [1.807, 2.05) is 25.4 Å². The standard InChI is InChI=1S/C20H26N6O.ClH/c1-26-20(24-19(25-26)14-9-11-21-12-10-14)23-18(27)8-4-5-15-13-22-17-7-3-2-6-16(15)17;/h2-3,6-7,13-14,21-22H,4-5,8-12H2,1H3,(H,23,24,25,27);1H. The van der Waals surface area contributed by atoms with Gasteiger partial charge in [0.2, 0.25) is 11.9 Å². The number of piperidine rings is 1. The summed E-state index contributed by atoms with van der Waals surface area (Å²) >= 11 is 0. The second-order valence-corrected chi connectivity index (χ2v) is 7.20. The van der Waals surface area contributed by atoms with Crippen molar-refractivity contribution < 1.29 is 4.79 Å². The van der Waals surface area contributed by atoms with Gasteiger partial charge in [0.15, 0.2) is 5.82 Å². The lowest BCUT2D eigenvalue weighted by Crippen LogP contribution is -2.27. The fourth-order valence-corrected chi connectivity index (χ4v) is 3.73. The first-order chi connectivity index (χ1) is 13.2. The highest BCUT2D eigenvalue weighted by Crippen LogP contribution is 2.23. The van der Waals surface area contributed by atoms with Crippen LogP contribution in [0.25, 0.3) is 10.9 Å². The van der Waals surface area contributed by atoms with Crippen LogP contribution in [0.3, 0.4) is 0 Å². The summed E-state index contributed by atoms with van der Waals surface area (Å²) in [4.78, 5) is 20.2. The molecule has 8 heteroatoms. The van der Waals surface area contributed by atoms with E-state index in [-0.39, 0.29) is 18.3 Å². The number of carbonyl (C=O) groups excluding carboxylic acids is 1. The molecule has 1 aliphatic heterocycles. The van der Waals surface area contributed by atoms with Gasteiger partial charge in [-0.1, -0.05) is 18.2 Å². The fourth-order valence-electron chi connectivity index (χ4n) is 3.73. The largest absolute Gasteiger partial charge is 0.361 e. The molecule has 7 nitrogen and oxygen atoms in total. The Kier molecular flexibility index (Phi) is 6.70. The van der Waals surface area contributed by atoms with E-state index in [2.05, 4.69) is 37.8 Å². The molecule has 1 saturated heterocycles. The predicted molar refractivity (Wildman–Crippen MR) is 113 cm³/mol. The molecule has 0 atom stereocenters. The number of para-hydroxylation sites is 1. The van der Waals surface area contributed by atoms with Crippen LogP contribution in [0.2, 0.25) is 0 Å². The van der Waals surface area contributed by atoms with Gasteiger partial charge in [0.25, 0.3) is 0 Å². The van der Waals surface area contributed by atoms with Crippen LogP contribution in [0, 0.1) is 0 Å². The van der Waals surface area contributed by atoms with Gasteiger partial charge in [-0.2, -0.15) is 10.1 Å². The Hall–Kier alpha value is -2.38. The van der Waals surface area contributed by atoms with Crippen molar-refractivity contribution in [1.82, 2.24) is 25.1 Å². The summed E-state index contributed by atoms with van der Waals surface area (Å²) in [5.41, 5.74) is 2.40. The van der Waals surface area contributed by atoms with Gasteiger partial charge < -0.3 is 10.3 Å². The number of aryl methyl sites for hydroxylation is 2. The molecule has 28 heavy (non-hydrogen) atoms. The molecule has 2 aromatic heterocycles. The lowest BCUT2D eigenvalue weighted by Gasteiger charge is -2.19. The highest BCUT2D eigenvalue weighted by atomic mass is 35.5. The first kappa shape index (κ1) is 20.4. The second-order valence-electron chi connectivity index (χ2n) is 7.20. The summed E-state index contributed by atoms with van der Waals surface area (Å²) < 4.78 is 1.68. The zero-order valence-corrected chi connectivity index (χ0v) is 16.9. The summed E-state index contributed by atoms with van der Waals surface area (Å²) in [6.07, 6.45) is 6.26. The smallest absolute Gasteiger partial charge is 0.227 e. The van der Waals surface area contributed by atoms with E-state index in [4.69, 9.17) is 0 Å². The second kappa shape index (κ2) is 9.21. The fraction of sp³-hybridized carbons (Fsp3) is 0.450. The molecule has 0 radical (unpaired) electrons. The van der Waals surface area contributed by atoms with Gasteiger partial charge >= 0.3 is 0 Å². The number of nitrogens with zero attached hydrogens (tertiary/aromatic N) is 3. The SMILES string of the molecule is Cl.Cn1nc(C2CCNCC2)nc1NC(=O)CCCc1c[nH]c2ccccc12. The van der Waals surface area contributed by atoms with E-state index in [9.17, 15) is 4.79 Å². The van der Waals surface area contributed by atoms with Crippen molar-refractivity contribution in [3.63, 3.8) is 0 Å². The number of amides is 1. The number of aromatic amines is 1. The van der Waals surface area contributed by atoms with Crippen molar-refractivity contribution >= 4 is 35.2 Å². The molecular formula is C20H27ClN6O. The highest BCUT2D eigenvalue weighted by molar-refractivity contribution is 5.89. The van der Waals surface area contributed by atoms with Crippen LogP contribution >= 0.6 is 12.4 Å². The summed E-state index contributed by atoms with van der Waals surface area (Å²) in [5, 5.41) is 12.0. The molecule has 1 fully saturated rings. The molecule has 0 spiro atoms. The average Bonchev–Trinajstić information content (AvgIpc) is 3.27. The average molecular weight is 403 g/mol. The van der Waals surface area contributed by atoms with Gasteiger partial charge in [0, 0.05) is 36.5 Å². The lowest BCUT2D eigenvalue weighted by atomic mass is 9.98. The van der Waals surface area contributed by atoms with Gasteiger partial charge in [0.05, 0.1) is 0 Å². The first-order valence-corrected chi connectivity index (χ1v) is 9.67. The number of hydrogen-bond donors (Lipinski definition) is 3. The molecule has 0 aliphatic carbocycles. The summed E-state index contributed by atoms with van der Waals surface area (Å²) in [7, 11) is 1.83. The van der Waals surface area contributed by atoms with Crippen molar-refractivity contribution in [2.45, 2.75) is 38.0 Å². The summed E-state index contributed by atoms with van der Waals surface area (Å²) in [6.45, 7) is 2.00. The summed E-state index contributed by atoms with van der Waals surface area (Å²) in [6, 6.07) is 8.25. The third-order valence-electron chi connectivity index (χ3n) is 5.26. The van der Waals surface area contributed by atoms with Crippen molar-refractivity contribution in [2.24, 2.45) is 7.05 Å². The molecule has 3 N–H and O–H groups in total. The maximum absolute atomic E-state index is 12.3. The Morgan fingerprint density at radius 1 is 1.29 bits per heavy atom. The Balaban J connectivity index is 0.00000225. The van der Waals surface area contributed by atoms with Crippen LogP contribution in [-0.2, 0) is 18.3 Å². The maximum Gasteiger partial charge on any atom is 0.227 e. The number of nitrogens with one attached hydrogen (secondary N) is 3. The van der Waals surface area contributed by atoms with E-state index < -0.39 is 0 Å². The molecule has 1 amide bonds. The van der Waals surface area contributed by atoms with Gasteiger partial charge in [-0.3, -0.25) is 10.1 Å². The van der Waals surface area contributed by atoms with Crippen molar-refractivity contribution in [2.75, 3.05) is 18.4 Å². The van der Waals surface area contributed by atoms with E-state index in [1.54, 1.807) is 4.68 Å². The minimum atomic E-state index is -0.0118. The minimum Gasteiger partial charge on any atom is -0.361 e. The van der Waals surface area contributed by atoms with Crippen molar-refractivity contribution in [3.8, 4) is 0 Å². The molecule has 0 bridgehead atoms. The van der Waals surface area contributed by atoms with E-state index in [0.717, 1.165) is 50.1 Å². The van der Waals surface area contributed by atoms with Gasteiger partial charge in [-0.15, -0.1) is 12.4 Å². The van der Waals surface area contributed by atoms with Crippen molar-refractivity contribution in [1.29, 1.82) is 0 Å².